The van der Waals surface area contributed by atoms with E-state index in [9.17, 15) is 4.39 Å². The van der Waals surface area contributed by atoms with Gasteiger partial charge in [-0.1, -0.05) is 0 Å². The fourth-order valence-corrected chi connectivity index (χ4v) is 2.72. The molecule has 0 unspecified atom stereocenters. The normalized spacial score (nSPS) is 11.4. The zero-order valence-corrected chi connectivity index (χ0v) is 12.7. The summed E-state index contributed by atoms with van der Waals surface area (Å²) >= 11 is 5.89. The van der Waals surface area contributed by atoms with Crippen LogP contribution in [0.25, 0.3) is 16.9 Å². The molecule has 0 aliphatic heterocycles. The van der Waals surface area contributed by atoms with Crippen LogP contribution in [0, 0.1) is 12.7 Å². The summed E-state index contributed by atoms with van der Waals surface area (Å²) in [5.41, 5.74) is 3.57. The highest BCUT2D eigenvalue weighted by Crippen LogP contribution is 2.24. The molecule has 6 heteroatoms. The molecular formula is C15H16ClFN4. The number of hydrogen-bond acceptors (Lipinski definition) is 2. The van der Waals surface area contributed by atoms with Gasteiger partial charge in [0.25, 0.3) is 0 Å². The summed E-state index contributed by atoms with van der Waals surface area (Å²) in [5.74, 6) is 1.10. The fraction of sp³-hybridized carbons (Fsp3) is 0.333. The van der Waals surface area contributed by atoms with Crippen molar-refractivity contribution in [3.8, 4) is 5.69 Å². The van der Waals surface area contributed by atoms with E-state index < -0.39 is 0 Å². The number of nitrogens with zero attached hydrogens (tertiary/aromatic N) is 4. The highest BCUT2D eigenvalue weighted by atomic mass is 35.5. The van der Waals surface area contributed by atoms with Crippen LogP contribution < -0.4 is 0 Å². The number of hydrogen-bond donors (Lipinski definition) is 0. The first-order valence-electron chi connectivity index (χ1n) is 6.92. The molecule has 0 amide bonds. The summed E-state index contributed by atoms with van der Waals surface area (Å²) in [6, 6.07) is 6.39. The largest absolute Gasteiger partial charge is 0.281 e. The van der Waals surface area contributed by atoms with Crippen molar-refractivity contribution in [2.45, 2.75) is 26.8 Å². The molecule has 2 aromatic heterocycles. The Kier molecular flexibility index (Phi) is 3.68. The first-order valence-corrected chi connectivity index (χ1v) is 7.45. The van der Waals surface area contributed by atoms with Gasteiger partial charge in [0.05, 0.1) is 5.69 Å². The molecule has 0 bridgehead atoms. The van der Waals surface area contributed by atoms with Gasteiger partial charge in [0.15, 0.2) is 5.65 Å². The smallest absolute Gasteiger partial charge is 0.163 e. The van der Waals surface area contributed by atoms with E-state index in [1.54, 1.807) is 12.1 Å². The molecule has 0 fully saturated rings. The van der Waals surface area contributed by atoms with Crippen molar-refractivity contribution < 1.29 is 4.39 Å². The molecule has 0 saturated carbocycles. The Bertz CT molecular complexity index is 773. The van der Waals surface area contributed by atoms with Gasteiger partial charge in [0.1, 0.15) is 17.2 Å². The van der Waals surface area contributed by atoms with Gasteiger partial charge in [-0.25, -0.2) is 14.1 Å². The SMILES string of the molecule is CCn1nc(C)c2nc(CCCl)n(-c3ccc(F)cc3)c21. The Morgan fingerprint density at radius 2 is 1.95 bits per heavy atom. The van der Waals surface area contributed by atoms with Gasteiger partial charge in [0, 0.05) is 24.5 Å². The van der Waals surface area contributed by atoms with Gasteiger partial charge >= 0.3 is 0 Å². The van der Waals surface area contributed by atoms with Gasteiger partial charge in [-0.05, 0) is 38.1 Å². The number of alkyl halides is 1. The maximum absolute atomic E-state index is 13.2. The molecule has 0 N–H and O–H groups in total. The summed E-state index contributed by atoms with van der Waals surface area (Å²) in [6.07, 6.45) is 0.650. The molecule has 0 radical (unpaired) electrons. The van der Waals surface area contributed by atoms with Crippen LogP contribution in [0.4, 0.5) is 4.39 Å². The topological polar surface area (TPSA) is 35.6 Å². The van der Waals surface area contributed by atoms with E-state index in [-0.39, 0.29) is 5.82 Å². The minimum absolute atomic E-state index is 0.255. The van der Waals surface area contributed by atoms with Crippen molar-refractivity contribution in [1.29, 1.82) is 0 Å². The van der Waals surface area contributed by atoms with Crippen molar-refractivity contribution in [2.75, 3.05) is 5.88 Å². The number of fused-ring (bicyclic) bond motifs is 1. The van der Waals surface area contributed by atoms with E-state index in [0.717, 1.165) is 34.9 Å². The minimum Gasteiger partial charge on any atom is -0.281 e. The molecule has 0 spiro atoms. The molecule has 0 atom stereocenters. The van der Waals surface area contributed by atoms with Crippen molar-refractivity contribution in [2.24, 2.45) is 0 Å². The standard InChI is InChI=1S/C15H16ClFN4/c1-3-20-15-14(10(2)19-20)18-13(8-9-16)21(15)12-6-4-11(17)5-7-12/h4-7H,3,8-9H2,1-2H3. The van der Waals surface area contributed by atoms with Gasteiger partial charge < -0.3 is 0 Å². The molecule has 0 saturated heterocycles. The zero-order chi connectivity index (χ0) is 15.0. The first-order chi connectivity index (χ1) is 10.2. The Labute approximate surface area is 127 Å². The first kappa shape index (κ1) is 14.1. The molecule has 0 aliphatic carbocycles. The quantitative estimate of drug-likeness (QED) is 0.692. The van der Waals surface area contributed by atoms with E-state index >= 15 is 0 Å². The maximum Gasteiger partial charge on any atom is 0.163 e. The molecule has 3 aromatic rings. The van der Waals surface area contributed by atoms with E-state index in [1.165, 1.54) is 12.1 Å². The van der Waals surface area contributed by atoms with E-state index in [1.807, 2.05) is 23.1 Å². The zero-order valence-electron chi connectivity index (χ0n) is 12.0. The van der Waals surface area contributed by atoms with E-state index in [0.29, 0.717) is 12.3 Å². The van der Waals surface area contributed by atoms with Crippen LogP contribution in [-0.4, -0.2) is 25.2 Å². The molecule has 0 aliphatic rings. The molecular weight excluding hydrogens is 291 g/mol. The Hall–Kier alpha value is -1.88. The lowest BCUT2D eigenvalue weighted by atomic mass is 10.3. The number of aryl methyl sites for hydroxylation is 3. The molecule has 21 heavy (non-hydrogen) atoms. The lowest BCUT2D eigenvalue weighted by molar-refractivity contribution is 0.626. The Morgan fingerprint density at radius 1 is 1.24 bits per heavy atom. The average Bonchev–Trinajstić information content (AvgIpc) is 2.98. The number of imidazole rings is 1. The molecule has 110 valence electrons. The molecule has 2 heterocycles. The second-order valence-corrected chi connectivity index (χ2v) is 5.23. The molecule has 1 aromatic carbocycles. The Morgan fingerprint density at radius 3 is 2.57 bits per heavy atom. The summed E-state index contributed by atoms with van der Waals surface area (Å²) in [7, 11) is 0. The maximum atomic E-state index is 13.2. The van der Waals surface area contributed by atoms with Crippen molar-refractivity contribution >= 4 is 22.8 Å². The van der Waals surface area contributed by atoms with Crippen LogP contribution in [0.15, 0.2) is 24.3 Å². The second kappa shape index (κ2) is 5.48. The van der Waals surface area contributed by atoms with Crippen LogP contribution in [0.3, 0.4) is 0 Å². The molecule has 3 rings (SSSR count). The van der Waals surface area contributed by atoms with E-state index in [2.05, 4.69) is 10.1 Å². The van der Waals surface area contributed by atoms with Crippen LogP contribution in [-0.2, 0) is 13.0 Å². The highest BCUT2D eigenvalue weighted by molar-refractivity contribution is 6.17. The monoisotopic (exact) mass is 306 g/mol. The van der Waals surface area contributed by atoms with Gasteiger partial charge in [-0.2, -0.15) is 5.10 Å². The van der Waals surface area contributed by atoms with Gasteiger partial charge in [-0.3, -0.25) is 4.57 Å². The van der Waals surface area contributed by atoms with Crippen molar-refractivity contribution in [3.05, 3.63) is 41.6 Å². The number of halogens is 2. The number of aromatic nitrogens is 4. The average molecular weight is 307 g/mol. The van der Waals surface area contributed by atoms with Crippen molar-refractivity contribution in [1.82, 2.24) is 19.3 Å². The number of rotatable bonds is 4. The van der Waals surface area contributed by atoms with E-state index in [4.69, 9.17) is 11.6 Å². The van der Waals surface area contributed by atoms with Crippen LogP contribution >= 0.6 is 11.6 Å². The fourth-order valence-electron chi connectivity index (χ4n) is 2.55. The summed E-state index contributed by atoms with van der Waals surface area (Å²) < 4.78 is 17.1. The summed E-state index contributed by atoms with van der Waals surface area (Å²) in [5, 5.41) is 4.50. The predicted molar refractivity (Wildman–Crippen MR) is 81.6 cm³/mol. The molecule has 4 nitrogen and oxygen atoms in total. The number of benzene rings is 1. The van der Waals surface area contributed by atoms with Gasteiger partial charge in [-0.15, -0.1) is 11.6 Å². The summed E-state index contributed by atoms with van der Waals surface area (Å²) in [6.45, 7) is 4.73. The Balaban J connectivity index is 2.31. The lowest BCUT2D eigenvalue weighted by Crippen LogP contribution is -2.07. The highest BCUT2D eigenvalue weighted by Gasteiger charge is 2.19. The third-order valence-electron chi connectivity index (χ3n) is 3.48. The third kappa shape index (κ3) is 2.31. The van der Waals surface area contributed by atoms with Gasteiger partial charge in [0.2, 0.25) is 0 Å². The van der Waals surface area contributed by atoms with Crippen LogP contribution in [0.5, 0.6) is 0 Å². The predicted octanol–water partition coefficient (Wildman–Crippen LogP) is 3.47. The minimum atomic E-state index is -0.255. The lowest BCUT2D eigenvalue weighted by Gasteiger charge is -2.10. The van der Waals surface area contributed by atoms with Crippen LogP contribution in [0.1, 0.15) is 18.4 Å². The second-order valence-electron chi connectivity index (χ2n) is 4.85. The summed E-state index contributed by atoms with van der Waals surface area (Å²) in [4.78, 5) is 4.67. The van der Waals surface area contributed by atoms with Crippen molar-refractivity contribution in [3.63, 3.8) is 0 Å². The van der Waals surface area contributed by atoms with Crippen LogP contribution in [0.2, 0.25) is 0 Å². The third-order valence-corrected chi connectivity index (χ3v) is 3.67.